The van der Waals surface area contributed by atoms with E-state index in [-0.39, 0.29) is 12.5 Å². The van der Waals surface area contributed by atoms with Crippen LogP contribution in [0.25, 0.3) is 0 Å². The van der Waals surface area contributed by atoms with Crippen molar-refractivity contribution in [2.75, 3.05) is 19.4 Å². The van der Waals surface area contributed by atoms with Crippen molar-refractivity contribution < 1.29 is 9.90 Å². The Bertz CT molecular complexity index is 395. The molecule has 0 saturated heterocycles. The van der Waals surface area contributed by atoms with Crippen molar-refractivity contribution in [3.05, 3.63) is 35.4 Å². The quantitative estimate of drug-likeness (QED) is 0.770. The first kappa shape index (κ1) is 16.1. The minimum Gasteiger partial charge on any atom is -0.396 e. The summed E-state index contributed by atoms with van der Waals surface area (Å²) in [6.07, 6.45) is 3.75. The van der Waals surface area contributed by atoms with Gasteiger partial charge in [0.2, 0.25) is 0 Å². The first-order chi connectivity index (χ1) is 9.21. The van der Waals surface area contributed by atoms with E-state index in [2.05, 4.69) is 12.2 Å². The van der Waals surface area contributed by atoms with Crippen molar-refractivity contribution >= 4 is 17.7 Å². The van der Waals surface area contributed by atoms with Crippen LogP contribution in [0.3, 0.4) is 0 Å². The van der Waals surface area contributed by atoms with Crippen LogP contribution >= 0.6 is 11.8 Å². The maximum Gasteiger partial charge on any atom is 0.251 e. The molecule has 1 unspecified atom stereocenters. The van der Waals surface area contributed by atoms with E-state index in [9.17, 15) is 4.79 Å². The largest absolute Gasteiger partial charge is 0.396 e. The molecule has 2 N–H and O–H groups in total. The van der Waals surface area contributed by atoms with E-state index in [1.54, 1.807) is 11.8 Å². The number of nitrogens with one attached hydrogen (secondary N) is 1. The van der Waals surface area contributed by atoms with E-state index in [0.717, 1.165) is 18.6 Å². The Labute approximate surface area is 119 Å². The van der Waals surface area contributed by atoms with Crippen LogP contribution in [-0.4, -0.2) is 30.4 Å². The minimum absolute atomic E-state index is 0.0284. The highest BCUT2D eigenvalue weighted by molar-refractivity contribution is 7.97. The molecule has 0 aliphatic heterocycles. The van der Waals surface area contributed by atoms with Crippen LogP contribution in [0.5, 0.6) is 0 Å². The normalized spacial score (nSPS) is 12.2. The van der Waals surface area contributed by atoms with Crippen molar-refractivity contribution in [2.24, 2.45) is 5.92 Å². The molecule has 106 valence electrons. The van der Waals surface area contributed by atoms with Gasteiger partial charge < -0.3 is 10.4 Å². The van der Waals surface area contributed by atoms with Gasteiger partial charge in [0.25, 0.3) is 5.91 Å². The summed E-state index contributed by atoms with van der Waals surface area (Å²) < 4.78 is 0. The Balaban J connectivity index is 2.55. The maximum absolute atomic E-state index is 12.0. The molecular weight excluding hydrogens is 258 g/mol. The van der Waals surface area contributed by atoms with Gasteiger partial charge >= 0.3 is 0 Å². The molecule has 0 fully saturated rings. The lowest BCUT2D eigenvalue weighted by Crippen LogP contribution is -2.29. The first-order valence-corrected chi connectivity index (χ1v) is 8.07. The van der Waals surface area contributed by atoms with Crippen molar-refractivity contribution in [1.29, 1.82) is 0 Å². The Morgan fingerprint density at radius 3 is 2.89 bits per heavy atom. The average Bonchev–Trinajstić information content (AvgIpc) is 2.43. The number of amides is 1. The van der Waals surface area contributed by atoms with Crippen LogP contribution in [0.4, 0.5) is 0 Å². The molecule has 1 rings (SSSR count). The molecule has 1 aromatic carbocycles. The lowest BCUT2D eigenvalue weighted by Gasteiger charge is -2.14. The van der Waals surface area contributed by atoms with E-state index < -0.39 is 0 Å². The van der Waals surface area contributed by atoms with Gasteiger partial charge in [0.1, 0.15) is 0 Å². The number of benzene rings is 1. The summed E-state index contributed by atoms with van der Waals surface area (Å²) >= 11 is 1.74. The molecule has 3 nitrogen and oxygen atoms in total. The molecule has 0 spiro atoms. The second-order valence-electron chi connectivity index (χ2n) is 4.63. The fourth-order valence-electron chi connectivity index (χ4n) is 1.94. The van der Waals surface area contributed by atoms with E-state index in [0.29, 0.717) is 18.0 Å². The maximum atomic E-state index is 12.0. The summed E-state index contributed by atoms with van der Waals surface area (Å²) in [7, 11) is 0. The van der Waals surface area contributed by atoms with Gasteiger partial charge in [-0.25, -0.2) is 0 Å². The van der Waals surface area contributed by atoms with Crippen LogP contribution in [0.2, 0.25) is 0 Å². The predicted molar refractivity (Wildman–Crippen MR) is 81.5 cm³/mol. The van der Waals surface area contributed by atoms with E-state index in [1.165, 1.54) is 5.56 Å². The van der Waals surface area contributed by atoms with Crippen LogP contribution in [0, 0.1) is 5.92 Å². The van der Waals surface area contributed by atoms with E-state index in [1.807, 2.05) is 30.5 Å². The Morgan fingerprint density at radius 1 is 1.47 bits per heavy atom. The molecule has 0 aromatic heterocycles. The highest BCUT2D eigenvalue weighted by Crippen LogP contribution is 2.12. The summed E-state index contributed by atoms with van der Waals surface area (Å²) in [5.41, 5.74) is 1.88. The third-order valence-corrected chi connectivity index (χ3v) is 3.79. The fraction of sp³-hybridized carbons (Fsp3) is 0.533. The summed E-state index contributed by atoms with van der Waals surface area (Å²) in [6, 6.07) is 7.74. The molecule has 1 aromatic rings. The van der Waals surface area contributed by atoms with Gasteiger partial charge in [0.15, 0.2) is 0 Å². The van der Waals surface area contributed by atoms with Gasteiger partial charge in [-0.3, -0.25) is 4.79 Å². The SMILES string of the molecule is CCC(CCO)CNC(=O)c1cccc(CSC)c1. The Kier molecular flexibility index (Phi) is 7.60. The molecule has 1 atom stereocenters. The van der Waals surface area contributed by atoms with Crippen LogP contribution in [0.1, 0.15) is 35.7 Å². The number of carbonyl (C=O) groups excluding carboxylic acids is 1. The average molecular weight is 281 g/mol. The topological polar surface area (TPSA) is 49.3 Å². The summed E-state index contributed by atoms with van der Waals surface area (Å²) in [5.74, 6) is 1.24. The Morgan fingerprint density at radius 2 is 2.26 bits per heavy atom. The summed E-state index contributed by atoms with van der Waals surface area (Å²) in [5, 5.41) is 11.9. The molecule has 0 heterocycles. The zero-order valence-electron chi connectivity index (χ0n) is 11.7. The standard InChI is InChI=1S/C15H23NO2S/c1-3-12(7-8-17)10-16-15(18)14-6-4-5-13(9-14)11-19-2/h4-6,9,12,17H,3,7-8,10-11H2,1-2H3,(H,16,18). The van der Waals surface area contributed by atoms with Gasteiger partial charge in [-0.15, -0.1) is 0 Å². The third-order valence-electron chi connectivity index (χ3n) is 3.17. The number of hydrogen-bond donors (Lipinski definition) is 2. The van der Waals surface area contributed by atoms with Gasteiger partial charge in [-0.1, -0.05) is 25.5 Å². The summed E-state index contributed by atoms with van der Waals surface area (Å²) in [4.78, 5) is 12.0. The van der Waals surface area contributed by atoms with Crippen molar-refractivity contribution in [1.82, 2.24) is 5.32 Å². The third kappa shape index (κ3) is 5.66. The molecule has 0 radical (unpaired) electrons. The van der Waals surface area contributed by atoms with Crippen LogP contribution in [-0.2, 0) is 5.75 Å². The van der Waals surface area contributed by atoms with Gasteiger partial charge in [-0.05, 0) is 36.3 Å². The fourth-order valence-corrected chi connectivity index (χ4v) is 2.45. The molecule has 0 bridgehead atoms. The molecule has 0 aliphatic carbocycles. The van der Waals surface area contributed by atoms with Crippen LogP contribution in [0.15, 0.2) is 24.3 Å². The number of carbonyl (C=O) groups is 1. The smallest absolute Gasteiger partial charge is 0.251 e. The summed E-state index contributed by atoms with van der Waals surface area (Å²) in [6.45, 7) is 2.88. The van der Waals surface area contributed by atoms with Crippen molar-refractivity contribution in [3.63, 3.8) is 0 Å². The molecular formula is C15H23NO2S. The van der Waals surface area contributed by atoms with Crippen molar-refractivity contribution in [2.45, 2.75) is 25.5 Å². The molecule has 0 saturated carbocycles. The minimum atomic E-state index is -0.0284. The van der Waals surface area contributed by atoms with Crippen LogP contribution < -0.4 is 5.32 Å². The van der Waals surface area contributed by atoms with E-state index in [4.69, 9.17) is 5.11 Å². The molecule has 19 heavy (non-hydrogen) atoms. The number of aliphatic hydroxyl groups is 1. The number of thioether (sulfide) groups is 1. The lowest BCUT2D eigenvalue weighted by molar-refractivity contribution is 0.0943. The van der Waals surface area contributed by atoms with Gasteiger partial charge in [-0.2, -0.15) is 11.8 Å². The molecule has 1 amide bonds. The first-order valence-electron chi connectivity index (χ1n) is 6.68. The predicted octanol–water partition coefficient (Wildman–Crippen LogP) is 2.69. The number of aliphatic hydroxyl groups excluding tert-OH is 1. The second-order valence-corrected chi connectivity index (χ2v) is 5.50. The second kappa shape index (κ2) is 8.99. The monoisotopic (exact) mass is 281 g/mol. The Hall–Kier alpha value is -1.00. The van der Waals surface area contributed by atoms with Crippen molar-refractivity contribution in [3.8, 4) is 0 Å². The zero-order chi connectivity index (χ0) is 14.1. The molecule has 0 aliphatic rings. The highest BCUT2D eigenvalue weighted by Gasteiger charge is 2.10. The zero-order valence-corrected chi connectivity index (χ0v) is 12.5. The lowest BCUT2D eigenvalue weighted by atomic mass is 10.0. The van der Waals surface area contributed by atoms with E-state index >= 15 is 0 Å². The van der Waals surface area contributed by atoms with Gasteiger partial charge in [0.05, 0.1) is 0 Å². The molecule has 4 heteroatoms. The van der Waals surface area contributed by atoms with Gasteiger partial charge in [0, 0.05) is 24.5 Å². The number of rotatable bonds is 8. The highest BCUT2D eigenvalue weighted by atomic mass is 32.2. The number of hydrogen-bond acceptors (Lipinski definition) is 3.